The van der Waals surface area contributed by atoms with Gasteiger partial charge in [0, 0.05) is 5.56 Å². The second kappa shape index (κ2) is 8.04. The first-order valence-electron chi connectivity index (χ1n) is 9.01. The summed E-state index contributed by atoms with van der Waals surface area (Å²) in [5, 5.41) is 5.31. The van der Waals surface area contributed by atoms with Crippen molar-refractivity contribution < 1.29 is 14.3 Å². The van der Waals surface area contributed by atoms with Crippen LogP contribution in [0.25, 0.3) is 10.8 Å². The highest BCUT2D eigenvalue weighted by Gasteiger charge is 2.18. The molecule has 0 spiro atoms. The van der Waals surface area contributed by atoms with Crippen LogP contribution in [0.15, 0.2) is 66.7 Å². The minimum atomic E-state index is -0.643. The Kier molecular flexibility index (Phi) is 5.55. The summed E-state index contributed by atoms with van der Waals surface area (Å²) < 4.78 is 5.69. The number of carbonyl (C=O) groups excluding carboxylic acids is 2. The monoisotopic (exact) mass is 361 g/mol. The summed E-state index contributed by atoms with van der Waals surface area (Å²) in [5.41, 5.74) is 1.66. The number of Topliss-reactive ketones (excluding diaryl/α,β-unsaturated/α-hetero) is 1. The molecule has 1 amide bonds. The van der Waals surface area contributed by atoms with E-state index in [2.05, 4.69) is 29.6 Å². The molecular weight excluding hydrogens is 338 g/mol. The highest BCUT2D eigenvalue weighted by Crippen LogP contribution is 2.21. The SMILES string of the molecule is CC(=O)c1ccc(OC(C)C(=O)NC(C)c2ccc3ccccc3c2)cc1. The number of nitrogens with one attached hydrogen (secondary N) is 1. The highest BCUT2D eigenvalue weighted by atomic mass is 16.5. The van der Waals surface area contributed by atoms with Gasteiger partial charge in [0.1, 0.15) is 5.75 Å². The topological polar surface area (TPSA) is 55.4 Å². The summed E-state index contributed by atoms with van der Waals surface area (Å²) in [6.45, 7) is 5.18. The van der Waals surface area contributed by atoms with Crippen LogP contribution >= 0.6 is 0 Å². The van der Waals surface area contributed by atoms with Crippen molar-refractivity contribution in [2.24, 2.45) is 0 Å². The summed E-state index contributed by atoms with van der Waals surface area (Å²) >= 11 is 0. The minimum Gasteiger partial charge on any atom is -0.481 e. The average molecular weight is 361 g/mol. The second-order valence-corrected chi connectivity index (χ2v) is 6.68. The van der Waals surface area contributed by atoms with Gasteiger partial charge in [-0.15, -0.1) is 0 Å². The Bertz CT molecular complexity index is 963. The molecule has 2 unspecified atom stereocenters. The van der Waals surface area contributed by atoms with Crippen molar-refractivity contribution >= 4 is 22.5 Å². The predicted molar refractivity (Wildman–Crippen MR) is 107 cm³/mol. The lowest BCUT2D eigenvalue weighted by Gasteiger charge is -2.19. The van der Waals surface area contributed by atoms with Gasteiger partial charge in [0.05, 0.1) is 6.04 Å². The molecule has 0 aliphatic rings. The summed E-state index contributed by atoms with van der Waals surface area (Å²) in [6, 6.07) is 21.0. The largest absolute Gasteiger partial charge is 0.481 e. The molecule has 3 aromatic rings. The number of hydrogen-bond acceptors (Lipinski definition) is 3. The first-order valence-corrected chi connectivity index (χ1v) is 9.01. The molecule has 0 aliphatic heterocycles. The fourth-order valence-electron chi connectivity index (χ4n) is 2.92. The quantitative estimate of drug-likeness (QED) is 0.648. The second-order valence-electron chi connectivity index (χ2n) is 6.68. The average Bonchev–Trinajstić information content (AvgIpc) is 2.67. The Morgan fingerprint density at radius 1 is 0.889 bits per heavy atom. The van der Waals surface area contributed by atoms with Gasteiger partial charge in [-0.3, -0.25) is 9.59 Å². The standard InChI is InChI=1S/C23H23NO3/c1-15(20-9-8-19-6-4-5-7-21(19)14-20)24-23(26)17(3)27-22-12-10-18(11-13-22)16(2)25/h4-15,17H,1-3H3,(H,24,26). The van der Waals surface area contributed by atoms with Crippen molar-refractivity contribution in [3.05, 3.63) is 77.9 Å². The van der Waals surface area contributed by atoms with Gasteiger partial charge in [-0.05, 0) is 67.4 Å². The van der Waals surface area contributed by atoms with E-state index in [0.29, 0.717) is 11.3 Å². The molecule has 0 saturated heterocycles. The number of ketones is 1. The Balaban J connectivity index is 1.63. The van der Waals surface area contributed by atoms with Gasteiger partial charge in [0.25, 0.3) is 5.91 Å². The van der Waals surface area contributed by atoms with E-state index in [1.165, 1.54) is 12.3 Å². The Hall–Kier alpha value is -3.14. The minimum absolute atomic E-state index is 0.00319. The lowest BCUT2D eigenvalue weighted by Crippen LogP contribution is -2.37. The van der Waals surface area contributed by atoms with Crippen LogP contribution < -0.4 is 10.1 Å². The van der Waals surface area contributed by atoms with Crippen molar-refractivity contribution in [1.82, 2.24) is 5.32 Å². The van der Waals surface area contributed by atoms with Crippen LogP contribution in [-0.4, -0.2) is 17.8 Å². The van der Waals surface area contributed by atoms with Gasteiger partial charge in [-0.2, -0.15) is 0 Å². The molecule has 0 fully saturated rings. The third-order valence-corrected chi connectivity index (χ3v) is 4.58. The first-order chi connectivity index (χ1) is 12.9. The van der Waals surface area contributed by atoms with E-state index < -0.39 is 6.10 Å². The first kappa shape index (κ1) is 18.6. The molecule has 3 rings (SSSR count). The highest BCUT2D eigenvalue weighted by molar-refractivity contribution is 5.94. The zero-order chi connectivity index (χ0) is 19.4. The molecule has 0 bridgehead atoms. The molecule has 3 aromatic carbocycles. The molecule has 27 heavy (non-hydrogen) atoms. The maximum Gasteiger partial charge on any atom is 0.261 e. The summed E-state index contributed by atoms with van der Waals surface area (Å²) in [4.78, 5) is 23.8. The third kappa shape index (κ3) is 4.53. The van der Waals surface area contributed by atoms with Crippen molar-refractivity contribution in [3.63, 3.8) is 0 Å². The number of benzene rings is 3. The normalized spacial score (nSPS) is 13.0. The number of carbonyl (C=O) groups is 2. The third-order valence-electron chi connectivity index (χ3n) is 4.58. The van der Waals surface area contributed by atoms with E-state index in [1.807, 2.05) is 25.1 Å². The maximum atomic E-state index is 12.5. The summed E-state index contributed by atoms with van der Waals surface area (Å²) in [5.74, 6) is 0.365. The van der Waals surface area contributed by atoms with Gasteiger partial charge in [0.2, 0.25) is 0 Å². The van der Waals surface area contributed by atoms with Gasteiger partial charge < -0.3 is 10.1 Å². The van der Waals surface area contributed by atoms with E-state index in [4.69, 9.17) is 4.74 Å². The van der Waals surface area contributed by atoms with Crippen LogP contribution in [-0.2, 0) is 4.79 Å². The summed E-state index contributed by atoms with van der Waals surface area (Å²) in [6.07, 6.45) is -0.643. The van der Waals surface area contributed by atoms with Crippen molar-refractivity contribution in [3.8, 4) is 5.75 Å². The summed E-state index contributed by atoms with van der Waals surface area (Å²) in [7, 11) is 0. The molecular formula is C23H23NO3. The predicted octanol–water partition coefficient (Wildman–Crippen LogP) is 4.69. The Labute approximate surface area is 159 Å². The van der Waals surface area contributed by atoms with Crippen LogP contribution in [0.1, 0.15) is 42.7 Å². The van der Waals surface area contributed by atoms with Crippen molar-refractivity contribution in [2.75, 3.05) is 0 Å². The van der Waals surface area contributed by atoms with E-state index in [-0.39, 0.29) is 17.7 Å². The number of rotatable bonds is 6. The maximum absolute atomic E-state index is 12.5. The Morgan fingerprint density at radius 2 is 1.56 bits per heavy atom. The van der Waals surface area contributed by atoms with Gasteiger partial charge in [-0.25, -0.2) is 0 Å². The fraction of sp³-hybridized carbons (Fsp3) is 0.217. The lowest BCUT2D eigenvalue weighted by atomic mass is 10.0. The molecule has 4 heteroatoms. The molecule has 0 radical (unpaired) electrons. The number of ether oxygens (including phenoxy) is 1. The van der Waals surface area contributed by atoms with Crippen molar-refractivity contribution in [1.29, 1.82) is 0 Å². The molecule has 1 N–H and O–H groups in total. The Morgan fingerprint density at radius 3 is 2.22 bits per heavy atom. The molecule has 0 heterocycles. The molecule has 2 atom stereocenters. The van der Waals surface area contributed by atoms with Gasteiger partial charge in [-0.1, -0.05) is 36.4 Å². The van der Waals surface area contributed by atoms with Gasteiger partial charge in [0.15, 0.2) is 11.9 Å². The van der Waals surface area contributed by atoms with Gasteiger partial charge >= 0.3 is 0 Å². The molecule has 4 nitrogen and oxygen atoms in total. The number of amides is 1. The zero-order valence-corrected chi connectivity index (χ0v) is 15.7. The smallest absolute Gasteiger partial charge is 0.261 e. The number of fused-ring (bicyclic) bond motifs is 1. The molecule has 0 saturated carbocycles. The van der Waals surface area contributed by atoms with Crippen LogP contribution in [0.4, 0.5) is 0 Å². The van der Waals surface area contributed by atoms with E-state index in [0.717, 1.165) is 10.9 Å². The molecule has 0 aliphatic carbocycles. The van der Waals surface area contributed by atoms with E-state index in [9.17, 15) is 9.59 Å². The van der Waals surface area contributed by atoms with E-state index in [1.54, 1.807) is 31.2 Å². The number of hydrogen-bond donors (Lipinski definition) is 1. The zero-order valence-electron chi connectivity index (χ0n) is 15.7. The lowest BCUT2D eigenvalue weighted by molar-refractivity contribution is -0.127. The van der Waals surface area contributed by atoms with Crippen LogP contribution in [0, 0.1) is 0 Å². The van der Waals surface area contributed by atoms with Crippen molar-refractivity contribution in [2.45, 2.75) is 32.9 Å². The van der Waals surface area contributed by atoms with Crippen LogP contribution in [0.5, 0.6) is 5.75 Å². The van der Waals surface area contributed by atoms with E-state index >= 15 is 0 Å². The fourth-order valence-corrected chi connectivity index (χ4v) is 2.92. The molecule has 138 valence electrons. The van der Waals surface area contributed by atoms with Crippen LogP contribution in [0.3, 0.4) is 0 Å². The van der Waals surface area contributed by atoms with Crippen LogP contribution in [0.2, 0.25) is 0 Å². The molecule has 0 aromatic heterocycles.